The second kappa shape index (κ2) is 10.8. The van der Waals surface area contributed by atoms with Crippen LogP contribution in [0.4, 0.5) is 10.5 Å². The van der Waals surface area contributed by atoms with Crippen LogP contribution in [0.5, 0.6) is 0 Å². The number of anilines is 1. The van der Waals surface area contributed by atoms with Crippen LogP contribution >= 0.6 is 11.8 Å². The highest BCUT2D eigenvalue weighted by molar-refractivity contribution is 7.98. The van der Waals surface area contributed by atoms with E-state index in [-0.39, 0.29) is 5.56 Å². The first kappa shape index (κ1) is 24.0. The summed E-state index contributed by atoms with van der Waals surface area (Å²) in [5, 5.41) is 9.13. The number of benzene rings is 1. The molecule has 0 saturated carbocycles. The number of hydrogen-bond acceptors (Lipinski definition) is 8. The molecule has 0 aliphatic rings. The smallest absolute Gasteiger partial charge is 0.341 e. The molecule has 2 N–H and O–H groups in total. The van der Waals surface area contributed by atoms with Gasteiger partial charge in [-0.15, -0.1) is 11.8 Å². The number of rotatable bonds is 7. The van der Waals surface area contributed by atoms with Crippen LogP contribution < -0.4 is 10.6 Å². The lowest BCUT2D eigenvalue weighted by Gasteiger charge is -2.11. The Kier molecular flexibility index (Phi) is 7.83. The van der Waals surface area contributed by atoms with E-state index in [4.69, 9.17) is 9.26 Å². The van der Waals surface area contributed by atoms with Crippen LogP contribution in [0.15, 0.2) is 46.1 Å². The van der Waals surface area contributed by atoms with Crippen LogP contribution in [0.2, 0.25) is 0 Å². The summed E-state index contributed by atoms with van der Waals surface area (Å²) in [6, 6.07) is 7.92. The lowest BCUT2D eigenvalue weighted by molar-refractivity contribution is -0.123. The van der Waals surface area contributed by atoms with E-state index in [0.717, 1.165) is 22.4 Å². The Morgan fingerprint density at radius 2 is 1.88 bits per heavy atom. The minimum absolute atomic E-state index is 0.224. The number of carbonyl (C=O) groups is 3. The third-order valence-corrected chi connectivity index (χ3v) is 6.00. The Morgan fingerprint density at radius 3 is 2.61 bits per heavy atom. The molecule has 0 radical (unpaired) electrons. The van der Waals surface area contributed by atoms with Gasteiger partial charge >= 0.3 is 12.0 Å². The zero-order valence-corrected chi connectivity index (χ0v) is 19.5. The van der Waals surface area contributed by atoms with Gasteiger partial charge in [-0.2, -0.15) is 0 Å². The third-order valence-electron chi connectivity index (χ3n) is 4.97. The quantitative estimate of drug-likeness (QED) is 0.392. The van der Waals surface area contributed by atoms with Gasteiger partial charge in [0.05, 0.1) is 11.3 Å². The molecule has 33 heavy (non-hydrogen) atoms. The summed E-state index contributed by atoms with van der Waals surface area (Å²) in [6.45, 7) is 6.83. The lowest BCUT2D eigenvalue weighted by atomic mass is 10.1. The monoisotopic (exact) mass is 468 g/mol. The molecule has 2 heterocycles. The highest BCUT2D eigenvalue weighted by atomic mass is 32.2. The number of aryl methyl sites for hydroxylation is 3. The van der Waals surface area contributed by atoms with Crippen molar-refractivity contribution in [3.05, 3.63) is 70.2 Å². The third kappa shape index (κ3) is 6.19. The van der Waals surface area contributed by atoms with Crippen molar-refractivity contribution in [3.8, 4) is 0 Å². The lowest BCUT2D eigenvalue weighted by Crippen LogP contribution is -2.37. The predicted molar refractivity (Wildman–Crippen MR) is 123 cm³/mol. The van der Waals surface area contributed by atoms with Gasteiger partial charge in [-0.05, 0) is 57.0 Å². The molecule has 172 valence electrons. The largest absolute Gasteiger partial charge is 0.452 e. The fourth-order valence-electron chi connectivity index (χ4n) is 2.92. The summed E-state index contributed by atoms with van der Waals surface area (Å²) in [7, 11) is 0. The Labute approximate surface area is 195 Å². The molecule has 3 rings (SSSR count). The van der Waals surface area contributed by atoms with E-state index < -0.39 is 24.5 Å². The maximum atomic E-state index is 12.5. The zero-order valence-electron chi connectivity index (χ0n) is 18.7. The predicted octanol–water partition coefficient (Wildman–Crippen LogP) is 4.10. The van der Waals surface area contributed by atoms with E-state index in [1.165, 1.54) is 11.8 Å². The average molecular weight is 469 g/mol. The molecule has 10 heteroatoms. The number of esters is 1. The number of thioether (sulfide) groups is 1. The molecule has 1 aromatic carbocycles. The Balaban J connectivity index is 1.54. The van der Waals surface area contributed by atoms with Gasteiger partial charge in [0, 0.05) is 23.2 Å². The summed E-state index contributed by atoms with van der Waals surface area (Å²) in [4.78, 5) is 41.0. The van der Waals surface area contributed by atoms with Gasteiger partial charge in [-0.25, -0.2) is 14.6 Å². The molecule has 3 amide bonds. The standard InChI is InChI=1S/C23H24N4O5S/c1-13-7-5-9-19(14(13)2)25-23(30)26-20(28)11-31-22(29)17-8-6-10-24-21(17)33-12-18-15(3)27-32-16(18)4/h5-10H,11-12H2,1-4H3,(H2,25,26,28,30). The molecule has 0 saturated heterocycles. The number of pyridine rings is 1. The molecular formula is C23H24N4O5S. The van der Waals surface area contributed by atoms with Crippen molar-refractivity contribution in [2.75, 3.05) is 11.9 Å². The number of nitrogens with zero attached hydrogens (tertiary/aromatic N) is 2. The average Bonchev–Trinajstić information content (AvgIpc) is 3.11. The number of imide groups is 1. The van der Waals surface area contributed by atoms with E-state index in [2.05, 4.69) is 20.8 Å². The van der Waals surface area contributed by atoms with Crippen molar-refractivity contribution in [2.45, 2.75) is 38.5 Å². The molecule has 0 fully saturated rings. The summed E-state index contributed by atoms with van der Waals surface area (Å²) in [6.07, 6.45) is 1.57. The second-order valence-corrected chi connectivity index (χ2v) is 8.24. The van der Waals surface area contributed by atoms with E-state index in [1.807, 2.05) is 33.8 Å². The Hall–Kier alpha value is -3.66. The van der Waals surface area contributed by atoms with Gasteiger partial charge < -0.3 is 14.6 Å². The van der Waals surface area contributed by atoms with E-state index >= 15 is 0 Å². The number of hydrogen-bond donors (Lipinski definition) is 2. The minimum Gasteiger partial charge on any atom is -0.452 e. The summed E-state index contributed by atoms with van der Waals surface area (Å²) in [5.74, 6) is -0.248. The number of ether oxygens (including phenoxy) is 1. The second-order valence-electron chi connectivity index (χ2n) is 7.27. The molecule has 9 nitrogen and oxygen atoms in total. The number of aromatic nitrogens is 2. The Morgan fingerprint density at radius 1 is 1.09 bits per heavy atom. The molecule has 3 aromatic rings. The van der Waals surface area contributed by atoms with Crippen LogP contribution in [0.25, 0.3) is 0 Å². The van der Waals surface area contributed by atoms with Crippen LogP contribution in [0.3, 0.4) is 0 Å². The molecule has 0 atom stereocenters. The number of urea groups is 1. The summed E-state index contributed by atoms with van der Waals surface area (Å²) < 4.78 is 10.2. The topological polar surface area (TPSA) is 123 Å². The van der Waals surface area contributed by atoms with Crippen LogP contribution in [0, 0.1) is 27.7 Å². The van der Waals surface area contributed by atoms with E-state index in [0.29, 0.717) is 22.2 Å². The van der Waals surface area contributed by atoms with Crippen molar-refractivity contribution in [1.29, 1.82) is 0 Å². The summed E-state index contributed by atoms with van der Waals surface area (Å²) in [5.41, 5.74) is 4.42. The summed E-state index contributed by atoms with van der Waals surface area (Å²) >= 11 is 1.33. The Bertz CT molecular complexity index is 1170. The van der Waals surface area contributed by atoms with Crippen molar-refractivity contribution >= 4 is 35.4 Å². The molecule has 2 aromatic heterocycles. The van der Waals surface area contributed by atoms with Gasteiger partial charge in [-0.1, -0.05) is 17.3 Å². The maximum absolute atomic E-state index is 12.5. The molecule has 0 bridgehead atoms. The fourth-order valence-corrected chi connectivity index (χ4v) is 4.06. The van der Waals surface area contributed by atoms with E-state index in [9.17, 15) is 14.4 Å². The normalized spacial score (nSPS) is 10.5. The van der Waals surface area contributed by atoms with Crippen molar-refractivity contribution in [3.63, 3.8) is 0 Å². The van der Waals surface area contributed by atoms with Gasteiger partial charge in [0.2, 0.25) is 0 Å². The van der Waals surface area contributed by atoms with Crippen molar-refractivity contribution in [1.82, 2.24) is 15.5 Å². The maximum Gasteiger partial charge on any atom is 0.341 e. The minimum atomic E-state index is -0.750. The van der Waals surface area contributed by atoms with Crippen molar-refractivity contribution in [2.24, 2.45) is 0 Å². The fraction of sp³-hybridized carbons (Fsp3) is 0.261. The molecule has 0 aliphatic heterocycles. The SMILES string of the molecule is Cc1cccc(NC(=O)NC(=O)COC(=O)c2cccnc2SCc2c(C)noc2C)c1C. The molecular weight excluding hydrogens is 444 g/mol. The van der Waals surface area contributed by atoms with Crippen LogP contribution in [0.1, 0.15) is 38.5 Å². The highest BCUT2D eigenvalue weighted by Crippen LogP contribution is 2.27. The molecule has 0 spiro atoms. The number of carbonyl (C=O) groups excluding carboxylic acids is 3. The van der Waals surface area contributed by atoms with Crippen molar-refractivity contribution < 1.29 is 23.6 Å². The molecule has 0 aliphatic carbocycles. The highest BCUT2D eigenvalue weighted by Gasteiger charge is 2.18. The molecule has 0 unspecified atom stereocenters. The number of nitrogens with one attached hydrogen (secondary N) is 2. The first-order chi connectivity index (χ1) is 15.8. The van der Waals surface area contributed by atoms with Gasteiger partial charge in [0.25, 0.3) is 5.91 Å². The van der Waals surface area contributed by atoms with Gasteiger partial charge in [-0.3, -0.25) is 10.1 Å². The van der Waals surface area contributed by atoms with Gasteiger partial charge in [0.15, 0.2) is 6.61 Å². The number of amides is 3. The first-order valence-corrected chi connectivity index (χ1v) is 11.1. The first-order valence-electron chi connectivity index (χ1n) is 10.1. The van der Waals surface area contributed by atoms with Crippen LogP contribution in [-0.2, 0) is 15.3 Å². The zero-order chi connectivity index (χ0) is 24.0. The van der Waals surface area contributed by atoms with E-state index in [1.54, 1.807) is 30.5 Å². The van der Waals surface area contributed by atoms with Gasteiger partial charge in [0.1, 0.15) is 10.8 Å². The van der Waals surface area contributed by atoms with Crippen LogP contribution in [-0.4, -0.2) is 34.7 Å².